The molecule has 0 saturated carbocycles. The van der Waals surface area contributed by atoms with Gasteiger partial charge in [-0.2, -0.15) is 13.2 Å². The van der Waals surface area contributed by atoms with Gasteiger partial charge in [0.2, 0.25) is 0 Å². The van der Waals surface area contributed by atoms with Gasteiger partial charge >= 0.3 is 6.18 Å². The molecule has 1 nitrogen and oxygen atoms in total. The monoisotopic (exact) mass is 153 g/mol. The van der Waals surface area contributed by atoms with Gasteiger partial charge in [-0.1, -0.05) is 11.6 Å². The molecule has 0 fully saturated rings. The van der Waals surface area contributed by atoms with E-state index in [1.165, 1.54) is 6.92 Å². The molecule has 0 atom stereocenters. The van der Waals surface area contributed by atoms with Gasteiger partial charge in [0.1, 0.15) is 6.61 Å². The van der Waals surface area contributed by atoms with E-state index in [0.29, 0.717) is 0 Å². The average molecular weight is 153 g/mol. The highest BCUT2D eigenvalue weighted by molar-refractivity contribution is 4.99. The Balaban J connectivity index is 3.79. The third-order valence-corrected chi connectivity index (χ3v) is 0.911. The Morgan fingerprint density at radius 1 is 1.50 bits per heavy atom. The van der Waals surface area contributed by atoms with E-state index in [1.807, 2.05) is 0 Å². The highest BCUT2D eigenvalue weighted by Crippen LogP contribution is 2.23. The van der Waals surface area contributed by atoms with Gasteiger partial charge in [0.05, 0.1) is 6.42 Å². The van der Waals surface area contributed by atoms with Crippen molar-refractivity contribution in [3.63, 3.8) is 0 Å². The van der Waals surface area contributed by atoms with Crippen LogP contribution in [0.4, 0.5) is 13.2 Å². The Labute approximate surface area is 57.2 Å². The quantitative estimate of drug-likeness (QED) is 0.542. The fourth-order valence-corrected chi connectivity index (χ4v) is 0.531. The van der Waals surface area contributed by atoms with E-state index in [9.17, 15) is 18.3 Å². The molecule has 0 aliphatic heterocycles. The maximum atomic E-state index is 11.5. The summed E-state index contributed by atoms with van der Waals surface area (Å²) in [4.78, 5) is 0. The second kappa shape index (κ2) is 3.61. The van der Waals surface area contributed by atoms with Gasteiger partial charge in [-0.25, -0.2) is 5.11 Å². The summed E-state index contributed by atoms with van der Waals surface area (Å²) in [6.45, 7) is 0.716. The molecule has 0 aliphatic carbocycles. The Hall–Kier alpha value is -0.510. The van der Waals surface area contributed by atoms with Crippen LogP contribution in [0.25, 0.3) is 0 Å². The zero-order chi connectivity index (χ0) is 8.20. The lowest BCUT2D eigenvalue weighted by Gasteiger charge is -2.04. The first kappa shape index (κ1) is 9.49. The van der Waals surface area contributed by atoms with Crippen LogP contribution in [0.3, 0.4) is 0 Å². The molecule has 0 heterocycles. The number of allylic oxidation sites excluding steroid dienone is 1. The Morgan fingerprint density at radius 3 is 2.30 bits per heavy atom. The fourth-order valence-electron chi connectivity index (χ4n) is 0.531. The number of alkyl halides is 3. The summed E-state index contributed by atoms with van der Waals surface area (Å²) in [6.07, 6.45) is -4.13. The minimum absolute atomic E-state index is 0.0856. The fraction of sp³-hybridized carbons (Fsp3) is 0.667. The molecular formula is C6H8F3O. The van der Waals surface area contributed by atoms with Crippen molar-refractivity contribution in [1.82, 2.24) is 0 Å². The molecule has 0 N–H and O–H groups in total. The number of halogens is 3. The molecule has 0 unspecified atom stereocenters. The standard InChI is InChI=1S/C6H8F3O/c1-5(2-3-10)4-6(7,8)9/h2H,3-4H2,1H3. The molecule has 59 valence electrons. The predicted molar refractivity (Wildman–Crippen MR) is 30.0 cm³/mol. The smallest absolute Gasteiger partial charge is 0.232 e. The van der Waals surface area contributed by atoms with Gasteiger partial charge < -0.3 is 0 Å². The van der Waals surface area contributed by atoms with Crippen molar-refractivity contribution < 1.29 is 18.3 Å². The SMILES string of the molecule is CC(=CC[O])CC(F)(F)F. The van der Waals surface area contributed by atoms with Crippen molar-refractivity contribution in [1.29, 1.82) is 0 Å². The molecule has 0 amide bonds. The van der Waals surface area contributed by atoms with E-state index in [-0.39, 0.29) is 5.57 Å². The van der Waals surface area contributed by atoms with Crippen LogP contribution >= 0.6 is 0 Å². The van der Waals surface area contributed by atoms with Gasteiger partial charge in [0.25, 0.3) is 0 Å². The first-order valence-corrected chi connectivity index (χ1v) is 2.76. The van der Waals surface area contributed by atoms with Crippen LogP contribution in [0.5, 0.6) is 0 Å². The second-order valence-corrected chi connectivity index (χ2v) is 2.01. The number of hydrogen-bond acceptors (Lipinski definition) is 0. The lowest BCUT2D eigenvalue weighted by molar-refractivity contribution is -0.127. The van der Waals surface area contributed by atoms with Gasteiger partial charge in [0.15, 0.2) is 0 Å². The van der Waals surface area contributed by atoms with Crippen LogP contribution in [0.15, 0.2) is 11.6 Å². The van der Waals surface area contributed by atoms with Crippen molar-refractivity contribution >= 4 is 0 Å². The summed E-state index contributed by atoms with van der Waals surface area (Å²) >= 11 is 0. The van der Waals surface area contributed by atoms with Crippen molar-refractivity contribution in [2.45, 2.75) is 19.5 Å². The molecule has 0 aliphatic rings. The number of rotatable bonds is 2. The summed E-state index contributed by atoms with van der Waals surface area (Å²) in [5.41, 5.74) is 0.0856. The third-order valence-electron chi connectivity index (χ3n) is 0.911. The lowest BCUT2D eigenvalue weighted by Crippen LogP contribution is -2.07. The van der Waals surface area contributed by atoms with Crippen LogP contribution in [0.1, 0.15) is 13.3 Å². The predicted octanol–water partition coefficient (Wildman–Crippen LogP) is 2.32. The van der Waals surface area contributed by atoms with Crippen molar-refractivity contribution in [3.8, 4) is 0 Å². The molecule has 0 aromatic heterocycles. The van der Waals surface area contributed by atoms with Gasteiger partial charge in [-0.15, -0.1) is 0 Å². The lowest BCUT2D eigenvalue weighted by atomic mass is 10.2. The van der Waals surface area contributed by atoms with Crippen LogP contribution in [0.2, 0.25) is 0 Å². The minimum Gasteiger partial charge on any atom is -0.232 e. The summed E-state index contributed by atoms with van der Waals surface area (Å²) in [6, 6.07) is 0. The highest BCUT2D eigenvalue weighted by Gasteiger charge is 2.26. The van der Waals surface area contributed by atoms with Crippen LogP contribution in [0, 0.1) is 0 Å². The van der Waals surface area contributed by atoms with Crippen molar-refractivity contribution in [2.75, 3.05) is 6.61 Å². The molecule has 0 rings (SSSR count). The largest absolute Gasteiger partial charge is 0.392 e. The molecule has 0 spiro atoms. The van der Waals surface area contributed by atoms with Gasteiger partial charge in [0, 0.05) is 0 Å². The normalized spacial score (nSPS) is 13.9. The zero-order valence-corrected chi connectivity index (χ0v) is 5.53. The van der Waals surface area contributed by atoms with Crippen molar-refractivity contribution in [3.05, 3.63) is 11.6 Å². The molecule has 1 radical (unpaired) electrons. The molecule has 0 aromatic carbocycles. The maximum absolute atomic E-state index is 11.5. The summed E-state index contributed by atoms with van der Waals surface area (Å²) < 4.78 is 34.5. The zero-order valence-electron chi connectivity index (χ0n) is 5.53. The summed E-state index contributed by atoms with van der Waals surface area (Å²) in [5, 5.41) is 9.78. The van der Waals surface area contributed by atoms with Crippen LogP contribution in [-0.2, 0) is 5.11 Å². The highest BCUT2D eigenvalue weighted by atomic mass is 19.4. The molecule has 10 heavy (non-hydrogen) atoms. The van der Waals surface area contributed by atoms with Gasteiger partial charge in [-0.3, -0.25) is 0 Å². The van der Waals surface area contributed by atoms with E-state index in [1.54, 1.807) is 0 Å². The number of hydrogen-bond donors (Lipinski definition) is 0. The molecular weight excluding hydrogens is 145 g/mol. The first-order valence-electron chi connectivity index (χ1n) is 2.76. The molecule has 4 heteroatoms. The minimum atomic E-state index is -4.18. The molecule has 0 aromatic rings. The average Bonchev–Trinajstić information content (AvgIpc) is 1.59. The van der Waals surface area contributed by atoms with E-state index in [4.69, 9.17) is 0 Å². The molecule has 0 bridgehead atoms. The van der Waals surface area contributed by atoms with E-state index in [2.05, 4.69) is 0 Å². The van der Waals surface area contributed by atoms with E-state index >= 15 is 0 Å². The Kier molecular flexibility index (Phi) is 3.42. The van der Waals surface area contributed by atoms with Crippen LogP contribution in [-0.4, -0.2) is 12.8 Å². The van der Waals surface area contributed by atoms with E-state index in [0.717, 1.165) is 6.08 Å². The first-order chi connectivity index (χ1) is 4.45. The third kappa shape index (κ3) is 5.62. The van der Waals surface area contributed by atoms with Crippen LogP contribution < -0.4 is 0 Å². The second-order valence-electron chi connectivity index (χ2n) is 2.01. The summed E-state index contributed by atoms with van der Waals surface area (Å²) in [5.74, 6) is 0. The Morgan fingerprint density at radius 2 is 2.00 bits per heavy atom. The van der Waals surface area contributed by atoms with Gasteiger partial charge in [-0.05, 0) is 6.92 Å². The Bertz CT molecular complexity index is 125. The van der Waals surface area contributed by atoms with Crippen molar-refractivity contribution in [2.24, 2.45) is 0 Å². The summed E-state index contributed by atoms with van der Waals surface area (Å²) in [7, 11) is 0. The molecule has 0 saturated heterocycles. The topological polar surface area (TPSA) is 19.9 Å². The van der Waals surface area contributed by atoms with E-state index < -0.39 is 19.2 Å². The maximum Gasteiger partial charge on any atom is 0.392 e.